The van der Waals surface area contributed by atoms with E-state index in [0.29, 0.717) is 4.47 Å². The van der Waals surface area contributed by atoms with E-state index in [1.807, 2.05) is 31.2 Å². The predicted octanol–water partition coefficient (Wildman–Crippen LogP) is 3.92. The predicted molar refractivity (Wildman–Crippen MR) is 85.2 cm³/mol. The number of rotatable bonds is 5. The average Bonchev–Trinajstić information content (AvgIpc) is 2.47. The second kappa shape index (κ2) is 6.45. The molecule has 5 heteroatoms. The number of methoxy groups -OCH3 is 1. The van der Waals surface area contributed by atoms with Gasteiger partial charge < -0.3 is 15.2 Å². The summed E-state index contributed by atoms with van der Waals surface area (Å²) in [4.78, 5) is 0. The van der Waals surface area contributed by atoms with Crippen molar-refractivity contribution in [3.8, 4) is 5.75 Å². The molecule has 0 aliphatic carbocycles. The number of halogens is 2. The Morgan fingerprint density at radius 2 is 2.05 bits per heavy atom. The minimum absolute atomic E-state index is 0.144. The van der Waals surface area contributed by atoms with Crippen molar-refractivity contribution in [1.29, 1.82) is 0 Å². The zero-order valence-corrected chi connectivity index (χ0v) is 13.4. The lowest BCUT2D eigenvalue weighted by atomic mass is 9.92. The summed E-state index contributed by atoms with van der Waals surface area (Å²) in [7, 11) is 1.60. The lowest BCUT2D eigenvalue weighted by molar-refractivity contribution is 0.223. The highest BCUT2D eigenvalue weighted by atomic mass is 79.9. The van der Waals surface area contributed by atoms with E-state index in [1.165, 1.54) is 12.1 Å². The first kappa shape index (κ1) is 15.8. The fourth-order valence-electron chi connectivity index (χ4n) is 2.15. The first-order valence-electron chi connectivity index (χ1n) is 6.47. The molecule has 0 spiro atoms. The van der Waals surface area contributed by atoms with E-state index in [2.05, 4.69) is 21.2 Å². The van der Waals surface area contributed by atoms with Gasteiger partial charge in [-0.1, -0.05) is 28.1 Å². The van der Waals surface area contributed by atoms with Crippen molar-refractivity contribution in [1.82, 2.24) is 0 Å². The molecule has 0 fully saturated rings. The Bertz CT molecular complexity index is 635. The SMILES string of the molecule is COc1cccc(NC(C)(CO)c2ccc(F)cc2Br)c1. The van der Waals surface area contributed by atoms with Crippen molar-refractivity contribution in [3.05, 3.63) is 58.3 Å². The minimum atomic E-state index is -0.751. The molecule has 0 aliphatic rings. The number of aliphatic hydroxyl groups excluding tert-OH is 1. The van der Waals surface area contributed by atoms with Crippen LogP contribution in [0.5, 0.6) is 5.75 Å². The number of benzene rings is 2. The van der Waals surface area contributed by atoms with Gasteiger partial charge in [0.2, 0.25) is 0 Å². The summed E-state index contributed by atoms with van der Waals surface area (Å²) in [6, 6.07) is 11.8. The van der Waals surface area contributed by atoms with Gasteiger partial charge in [0.15, 0.2) is 0 Å². The third-order valence-corrected chi connectivity index (χ3v) is 3.99. The zero-order chi connectivity index (χ0) is 15.5. The Hall–Kier alpha value is -1.59. The van der Waals surface area contributed by atoms with E-state index in [-0.39, 0.29) is 12.4 Å². The first-order chi connectivity index (χ1) is 9.98. The molecule has 0 heterocycles. The molecule has 1 atom stereocenters. The van der Waals surface area contributed by atoms with Gasteiger partial charge in [0.05, 0.1) is 19.3 Å². The topological polar surface area (TPSA) is 41.5 Å². The van der Waals surface area contributed by atoms with Crippen LogP contribution in [0.2, 0.25) is 0 Å². The molecule has 3 nitrogen and oxygen atoms in total. The second-order valence-electron chi connectivity index (χ2n) is 4.97. The fourth-order valence-corrected chi connectivity index (χ4v) is 2.94. The lowest BCUT2D eigenvalue weighted by Crippen LogP contribution is -2.36. The van der Waals surface area contributed by atoms with Crippen LogP contribution in [-0.4, -0.2) is 18.8 Å². The first-order valence-corrected chi connectivity index (χ1v) is 7.26. The number of anilines is 1. The van der Waals surface area contributed by atoms with Crippen molar-refractivity contribution in [2.75, 3.05) is 19.0 Å². The lowest BCUT2D eigenvalue weighted by Gasteiger charge is -2.31. The van der Waals surface area contributed by atoms with E-state index in [4.69, 9.17) is 4.74 Å². The number of ether oxygens (including phenoxy) is 1. The van der Waals surface area contributed by atoms with Crippen LogP contribution in [0, 0.1) is 5.82 Å². The third kappa shape index (κ3) is 3.54. The quantitative estimate of drug-likeness (QED) is 0.855. The molecule has 0 saturated carbocycles. The van der Waals surface area contributed by atoms with Gasteiger partial charge in [0.1, 0.15) is 11.6 Å². The molecule has 1 unspecified atom stereocenters. The van der Waals surface area contributed by atoms with Gasteiger partial charge >= 0.3 is 0 Å². The van der Waals surface area contributed by atoms with Gasteiger partial charge in [0.25, 0.3) is 0 Å². The normalized spacial score (nSPS) is 13.6. The third-order valence-electron chi connectivity index (χ3n) is 3.33. The molecule has 2 rings (SSSR count). The van der Waals surface area contributed by atoms with Crippen molar-refractivity contribution in [2.24, 2.45) is 0 Å². The maximum absolute atomic E-state index is 13.2. The van der Waals surface area contributed by atoms with Crippen LogP contribution in [0.4, 0.5) is 10.1 Å². The van der Waals surface area contributed by atoms with Gasteiger partial charge in [-0.3, -0.25) is 0 Å². The van der Waals surface area contributed by atoms with Crippen molar-refractivity contribution in [2.45, 2.75) is 12.5 Å². The standard InChI is InChI=1S/C16H17BrFNO2/c1-16(10-20,14-7-6-11(18)8-15(14)17)19-12-4-3-5-13(9-12)21-2/h3-9,19-20H,10H2,1-2H3. The van der Waals surface area contributed by atoms with E-state index < -0.39 is 5.54 Å². The van der Waals surface area contributed by atoms with Gasteiger partial charge in [-0.25, -0.2) is 4.39 Å². The largest absolute Gasteiger partial charge is 0.497 e. The Balaban J connectivity index is 2.36. The smallest absolute Gasteiger partial charge is 0.124 e. The van der Waals surface area contributed by atoms with Crippen LogP contribution in [-0.2, 0) is 5.54 Å². The van der Waals surface area contributed by atoms with E-state index >= 15 is 0 Å². The van der Waals surface area contributed by atoms with Gasteiger partial charge in [-0.05, 0) is 36.8 Å². The number of aliphatic hydroxyl groups is 1. The molecule has 0 aromatic heterocycles. The highest BCUT2D eigenvalue weighted by Crippen LogP contribution is 2.32. The fraction of sp³-hybridized carbons (Fsp3) is 0.250. The number of hydrogen-bond acceptors (Lipinski definition) is 3. The maximum Gasteiger partial charge on any atom is 0.124 e. The Kier molecular flexibility index (Phi) is 4.85. The van der Waals surface area contributed by atoms with E-state index in [9.17, 15) is 9.50 Å². The van der Waals surface area contributed by atoms with Crippen LogP contribution in [0.25, 0.3) is 0 Å². The van der Waals surface area contributed by atoms with Crippen molar-refractivity contribution < 1.29 is 14.2 Å². The highest BCUT2D eigenvalue weighted by Gasteiger charge is 2.28. The van der Waals surface area contributed by atoms with E-state index in [0.717, 1.165) is 17.0 Å². The van der Waals surface area contributed by atoms with E-state index in [1.54, 1.807) is 13.2 Å². The summed E-state index contributed by atoms with van der Waals surface area (Å²) in [5, 5.41) is 13.1. The van der Waals surface area contributed by atoms with Crippen molar-refractivity contribution >= 4 is 21.6 Å². The summed E-state index contributed by atoms with van der Waals surface area (Å²) in [5.41, 5.74) is 0.829. The molecule has 2 aromatic rings. The van der Waals surface area contributed by atoms with Crippen LogP contribution in [0.3, 0.4) is 0 Å². The van der Waals surface area contributed by atoms with Crippen LogP contribution in [0.15, 0.2) is 46.9 Å². The minimum Gasteiger partial charge on any atom is -0.497 e. The van der Waals surface area contributed by atoms with Crippen LogP contribution >= 0.6 is 15.9 Å². The van der Waals surface area contributed by atoms with Crippen LogP contribution < -0.4 is 10.1 Å². The Morgan fingerprint density at radius 3 is 2.67 bits per heavy atom. The Morgan fingerprint density at radius 1 is 1.29 bits per heavy atom. The average molecular weight is 354 g/mol. The monoisotopic (exact) mass is 353 g/mol. The molecule has 0 radical (unpaired) electrons. The molecule has 0 aliphatic heterocycles. The summed E-state index contributed by atoms with van der Waals surface area (Å²) in [6.45, 7) is 1.71. The molecular weight excluding hydrogens is 337 g/mol. The molecule has 2 aromatic carbocycles. The number of nitrogens with one attached hydrogen (secondary N) is 1. The molecule has 2 N–H and O–H groups in total. The summed E-state index contributed by atoms with van der Waals surface area (Å²) in [5.74, 6) is 0.394. The maximum atomic E-state index is 13.2. The molecule has 0 amide bonds. The zero-order valence-electron chi connectivity index (χ0n) is 11.9. The molecule has 112 valence electrons. The summed E-state index contributed by atoms with van der Waals surface area (Å²) in [6.07, 6.45) is 0. The Labute approximate surface area is 131 Å². The second-order valence-corrected chi connectivity index (χ2v) is 5.83. The molecule has 21 heavy (non-hydrogen) atoms. The summed E-state index contributed by atoms with van der Waals surface area (Å²) >= 11 is 3.35. The van der Waals surface area contributed by atoms with Crippen molar-refractivity contribution in [3.63, 3.8) is 0 Å². The van der Waals surface area contributed by atoms with Gasteiger partial charge in [0, 0.05) is 16.2 Å². The number of hydrogen-bond donors (Lipinski definition) is 2. The van der Waals surface area contributed by atoms with Crippen LogP contribution in [0.1, 0.15) is 12.5 Å². The molecule has 0 saturated heterocycles. The summed E-state index contributed by atoms with van der Waals surface area (Å²) < 4.78 is 19.0. The molecule has 0 bridgehead atoms. The molecular formula is C16H17BrFNO2. The van der Waals surface area contributed by atoms with Gasteiger partial charge in [-0.2, -0.15) is 0 Å². The highest BCUT2D eigenvalue weighted by molar-refractivity contribution is 9.10. The van der Waals surface area contributed by atoms with Gasteiger partial charge in [-0.15, -0.1) is 0 Å².